The maximum absolute atomic E-state index is 13.4. The molecule has 2 aliphatic rings. The minimum absolute atomic E-state index is 0.104. The second-order valence-electron chi connectivity index (χ2n) is 7.58. The summed E-state index contributed by atoms with van der Waals surface area (Å²) < 4.78 is 2.34. The molecule has 7 heteroatoms. The predicted molar refractivity (Wildman–Crippen MR) is 112 cm³/mol. The molecule has 1 unspecified atom stereocenters. The third-order valence-electron chi connectivity index (χ3n) is 5.48. The highest BCUT2D eigenvalue weighted by Gasteiger charge is 2.35. The lowest BCUT2D eigenvalue weighted by molar-refractivity contribution is -0.133. The molecule has 1 heterocycles. The molecule has 1 fully saturated rings. The number of hydrogen-bond acceptors (Lipinski definition) is 3. The molecule has 2 aliphatic carbocycles. The molecule has 1 saturated carbocycles. The van der Waals surface area contributed by atoms with Gasteiger partial charge in [0.25, 0.3) is 5.91 Å². The van der Waals surface area contributed by atoms with Crippen LogP contribution in [-0.2, 0) is 17.6 Å². The maximum Gasteiger partial charge on any atom is 0.280 e. The van der Waals surface area contributed by atoms with Gasteiger partial charge in [-0.05, 0) is 65.8 Å². The first-order valence-electron chi connectivity index (χ1n) is 9.19. The summed E-state index contributed by atoms with van der Waals surface area (Å²) >= 11 is 8.62. The number of amides is 1. The molecule has 1 aromatic carbocycles. The van der Waals surface area contributed by atoms with Gasteiger partial charge in [-0.15, -0.1) is 0 Å². The van der Waals surface area contributed by atoms with Gasteiger partial charge >= 0.3 is 0 Å². The largest absolute Gasteiger partial charge is 0.349 e. The molecule has 142 valence electrons. The smallest absolute Gasteiger partial charge is 0.280 e. The average molecular weight is 498 g/mol. The summed E-state index contributed by atoms with van der Waals surface area (Å²) in [6.07, 6.45) is 4.28. The van der Waals surface area contributed by atoms with E-state index < -0.39 is 0 Å². The summed E-state index contributed by atoms with van der Waals surface area (Å²) in [5, 5.41) is 5.01. The second kappa shape index (κ2) is 7.20. The van der Waals surface area contributed by atoms with Crippen LogP contribution in [-0.4, -0.2) is 40.6 Å². The van der Waals surface area contributed by atoms with E-state index in [1.165, 1.54) is 4.68 Å². The lowest BCUT2D eigenvalue weighted by Crippen LogP contribution is -2.34. The summed E-state index contributed by atoms with van der Waals surface area (Å²) in [6.45, 7) is 0. The Morgan fingerprint density at radius 2 is 2.00 bits per heavy atom. The van der Waals surface area contributed by atoms with E-state index >= 15 is 0 Å². The van der Waals surface area contributed by atoms with Crippen LogP contribution in [0.25, 0.3) is 0 Å². The monoisotopic (exact) mass is 497 g/mol. The Morgan fingerprint density at radius 1 is 1.26 bits per heavy atom. The first-order valence-corrected chi connectivity index (χ1v) is 10.6. The van der Waals surface area contributed by atoms with Gasteiger partial charge in [0.1, 0.15) is 3.70 Å². The fraction of sp³-hybridized carbons (Fsp3) is 0.450. The van der Waals surface area contributed by atoms with Crippen molar-refractivity contribution in [2.45, 2.75) is 38.0 Å². The molecule has 0 bridgehead atoms. The van der Waals surface area contributed by atoms with Crippen LogP contribution in [0, 0.1) is 9.62 Å². The molecule has 27 heavy (non-hydrogen) atoms. The van der Waals surface area contributed by atoms with Crippen LogP contribution < -0.4 is 0 Å². The highest BCUT2D eigenvalue weighted by Crippen LogP contribution is 2.43. The van der Waals surface area contributed by atoms with Crippen molar-refractivity contribution in [3.05, 3.63) is 49.3 Å². The minimum Gasteiger partial charge on any atom is -0.349 e. The van der Waals surface area contributed by atoms with E-state index in [4.69, 9.17) is 11.6 Å². The summed E-state index contributed by atoms with van der Waals surface area (Å²) in [7, 11) is 3.55. The normalized spacial score (nSPS) is 18.9. The zero-order valence-electron chi connectivity index (χ0n) is 15.3. The van der Waals surface area contributed by atoms with Gasteiger partial charge in [-0.1, -0.05) is 23.7 Å². The summed E-state index contributed by atoms with van der Waals surface area (Å²) in [5.41, 5.74) is 3.53. The van der Waals surface area contributed by atoms with Gasteiger partial charge in [-0.25, -0.2) is 0 Å². The topological polar surface area (TPSA) is 55.2 Å². The zero-order chi connectivity index (χ0) is 19.3. The highest BCUT2D eigenvalue weighted by molar-refractivity contribution is 14.1. The molecule has 5 nitrogen and oxygen atoms in total. The predicted octanol–water partition coefficient (Wildman–Crippen LogP) is 3.90. The Kier molecular flexibility index (Phi) is 5.05. The fourth-order valence-corrected chi connectivity index (χ4v) is 4.98. The average Bonchev–Trinajstić information content (AvgIpc) is 3.44. The summed E-state index contributed by atoms with van der Waals surface area (Å²) in [4.78, 5) is 27.5. The quantitative estimate of drug-likeness (QED) is 0.605. The van der Waals surface area contributed by atoms with Gasteiger partial charge in [-0.3, -0.25) is 9.59 Å². The van der Waals surface area contributed by atoms with Gasteiger partial charge in [-0.2, -0.15) is 9.78 Å². The molecular weight excluding hydrogens is 477 g/mol. The number of carbonyl (C=O) groups excluding carboxylic acids is 2. The number of carbonyl (C=O) groups is 2. The Bertz CT molecular complexity index is 934. The van der Waals surface area contributed by atoms with Crippen molar-refractivity contribution in [1.82, 2.24) is 14.7 Å². The Balaban J connectivity index is 1.75. The molecule has 0 saturated heterocycles. The number of nitrogens with zero attached hydrogens (tertiary/aromatic N) is 3. The van der Waals surface area contributed by atoms with Crippen molar-refractivity contribution >= 4 is 46.0 Å². The summed E-state index contributed by atoms with van der Waals surface area (Å²) in [6, 6.07) is 5.66. The van der Waals surface area contributed by atoms with E-state index in [2.05, 4.69) is 27.7 Å². The lowest BCUT2D eigenvalue weighted by atomic mass is 9.87. The Hall–Kier alpha value is -1.41. The molecule has 1 aromatic heterocycles. The van der Waals surface area contributed by atoms with E-state index in [1.807, 2.05) is 12.1 Å². The van der Waals surface area contributed by atoms with E-state index in [9.17, 15) is 9.59 Å². The first kappa shape index (κ1) is 18.9. The van der Waals surface area contributed by atoms with Crippen LogP contribution in [0.4, 0.5) is 0 Å². The number of hydrogen-bond donors (Lipinski definition) is 0. The van der Waals surface area contributed by atoms with Crippen molar-refractivity contribution in [2.75, 3.05) is 14.1 Å². The van der Waals surface area contributed by atoms with Crippen LogP contribution >= 0.6 is 34.2 Å². The molecule has 1 amide bonds. The standard InChI is InChI=1S/C20H21ClIN3O2/c1-24(2)19(26)12-8-9-14-16(10-12)25(23-18(14)22)20(27)17-13(11-6-7-11)4-3-5-15(17)21/h3-5,11-12H,6-10H2,1-2H3. The number of fused-ring (bicyclic) bond motifs is 1. The number of benzene rings is 1. The van der Waals surface area contributed by atoms with Crippen molar-refractivity contribution in [3.8, 4) is 0 Å². The molecule has 0 radical (unpaired) electrons. The highest BCUT2D eigenvalue weighted by atomic mass is 127. The van der Waals surface area contributed by atoms with E-state index in [-0.39, 0.29) is 17.7 Å². The maximum atomic E-state index is 13.4. The lowest BCUT2D eigenvalue weighted by Gasteiger charge is -2.25. The van der Waals surface area contributed by atoms with Crippen LogP contribution in [0.1, 0.15) is 52.4 Å². The fourth-order valence-electron chi connectivity index (χ4n) is 3.92. The van der Waals surface area contributed by atoms with E-state index in [1.54, 1.807) is 25.1 Å². The molecule has 0 spiro atoms. The van der Waals surface area contributed by atoms with Gasteiger partial charge in [0.05, 0.1) is 16.3 Å². The van der Waals surface area contributed by atoms with Crippen LogP contribution in [0.15, 0.2) is 18.2 Å². The van der Waals surface area contributed by atoms with Crippen molar-refractivity contribution in [2.24, 2.45) is 5.92 Å². The van der Waals surface area contributed by atoms with Crippen LogP contribution in [0.3, 0.4) is 0 Å². The third-order valence-corrected chi connectivity index (χ3v) is 6.66. The van der Waals surface area contributed by atoms with Crippen LogP contribution in [0.2, 0.25) is 5.02 Å². The molecule has 4 rings (SSSR count). The molecule has 1 atom stereocenters. The molecule has 2 aromatic rings. The van der Waals surface area contributed by atoms with Gasteiger partial charge in [0, 0.05) is 32.0 Å². The first-order chi connectivity index (χ1) is 12.9. The van der Waals surface area contributed by atoms with Crippen molar-refractivity contribution in [3.63, 3.8) is 0 Å². The zero-order valence-corrected chi connectivity index (χ0v) is 18.2. The van der Waals surface area contributed by atoms with Crippen molar-refractivity contribution < 1.29 is 9.59 Å². The Labute approximate surface area is 177 Å². The van der Waals surface area contributed by atoms with Crippen molar-refractivity contribution in [1.29, 1.82) is 0 Å². The number of rotatable bonds is 3. The number of halogens is 2. The van der Waals surface area contributed by atoms with Gasteiger partial charge < -0.3 is 4.90 Å². The van der Waals surface area contributed by atoms with Gasteiger partial charge in [0.2, 0.25) is 5.91 Å². The van der Waals surface area contributed by atoms with Gasteiger partial charge in [0.15, 0.2) is 0 Å². The van der Waals surface area contributed by atoms with E-state index in [0.29, 0.717) is 22.9 Å². The minimum atomic E-state index is -0.181. The van der Waals surface area contributed by atoms with E-state index in [0.717, 1.165) is 46.2 Å². The summed E-state index contributed by atoms with van der Waals surface area (Å²) in [5.74, 6) is 0.226. The second-order valence-corrected chi connectivity index (χ2v) is 9.01. The van der Waals surface area contributed by atoms with Crippen LogP contribution in [0.5, 0.6) is 0 Å². The molecule has 0 N–H and O–H groups in total. The molecule has 0 aliphatic heterocycles. The third kappa shape index (κ3) is 3.42. The molecular formula is C20H21ClIN3O2. The Morgan fingerprint density at radius 3 is 2.67 bits per heavy atom. The number of aromatic nitrogens is 2. The SMILES string of the molecule is CN(C)C(=O)C1CCc2c(I)nn(C(=O)c3c(Cl)cccc3C3CC3)c2C1.